The van der Waals surface area contributed by atoms with Crippen molar-refractivity contribution in [3.8, 4) is 11.1 Å². The smallest absolute Gasteiger partial charge is 0.172 e. The summed E-state index contributed by atoms with van der Waals surface area (Å²) in [4.78, 5) is 0. The Labute approximate surface area is 100 Å². The van der Waals surface area contributed by atoms with Crippen LogP contribution < -0.4 is 0 Å². The summed E-state index contributed by atoms with van der Waals surface area (Å²) in [5.41, 5.74) is 0.985. The van der Waals surface area contributed by atoms with E-state index in [1.807, 2.05) is 6.07 Å². The van der Waals surface area contributed by atoms with Crippen LogP contribution in [0.3, 0.4) is 0 Å². The van der Waals surface area contributed by atoms with Crippen LogP contribution in [0.15, 0.2) is 42.5 Å². The maximum Gasteiger partial charge on any atom is 0.172 e. The summed E-state index contributed by atoms with van der Waals surface area (Å²) in [6.07, 6.45) is 0. The third kappa shape index (κ3) is 2.02. The number of benzene rings is 2. The molecule has 0 aliphatic carbocycles. The molecule has 0 fully saturated rings. The molecule has 76 valence electrons. The van der Waals surface area contributed by atoms with E-state index in [1.165, 1.54) is 0 Å². The van der Waals surface area contributed by atoms with E-state index in [-0.39, 0.29) is 0 Å². The van der Waals surface area contributed by atoms with E-state index in [0.29, 0.717) is 14.7 Å². The number of hydrogen-bond donors (Lipinski definition) is 0. The standard InChI is InChI=1S/C12H7F2I/c13-11-9(6-7-10(15)12(11)14)8-4-2-1-3-5-8/h1-7H. The van der Waals surface area contributed by atoms with Gasteiger partial charge in [-0.2, -0.15) is 0 Å². The van der Waals surface area contributed by atoms with Crippen LogP contribution in [0.2, 0.25) is 0 Å². The van der Waals surface area contributed by atoms with Gasteiger partial charge in [-0.3, -0.25) is 0 Å². The van der Waals surface area contributed by atoms with E-state index < -0.39 is 11.6 Å². The average molecular weight is 316 g/mol. The minimum atomic E-state index is -0.784. The fourth-order valence-corrected chi connectivity index (χ4v) is 1.78. The number of halogens is 3. The van der Waals surface area contributed by atoms with E-state index in [9.17, 15) is 8.78 Å². The van der Waals surface area contributed by atoms with Gasteiger partial charge < -0.3 is 0 Å². The summed E-state index contributed by atoms with van der Waals surface area (Å²) < 4.78 is 27.2. The van der Waals surface area contributed by atoms with Crippen LogP contribution in [0, 0.1) is 15.2 Å². The maximum atomic E-state index is 13.6. The Morgan fingerprint density at radius 2 is 1.47 bits per heavy atom. The Bertz CT molecular complexity index is 480. The van der Waals surface area contributed by atoms with Crippen molar-refractivity contribution in [1.29, 1.82) is 0 Å². The molecule has 2 aromatic rings. The van der Waals surface area contributed by atoms with Crippen molar-refractivity contribution in [2.24, 2.45) is 0 Å². The van der Waals surface area contributed by atoms with Crippen molar-refractivity contribution in [3.05, 3.63) is 57.7 Å². The third-order valence-electron chi connectivity index (χ3n) is 2.12. The van der Waals surface area contributed by atoms with Crippen molar-refractivity contribution in [1.82, 2.24) is 0 Å². The first kappa shape index (κ1) is 10.5. The number of hydrogen-bond acceptors (Lipinski definition) is 0. The van der Waals surface area contributed by atoms with Gasteiger partial charge in [0.2, 0.25) is 0 Å². The van der Waals surface area contributed by atoms with Crippen molar-refractivity contribution >= 4 is 22.6 Å². The van der Waals surface area contributed by atoms with Gasteiger partial charge in [-0.15, -0.1) is 0 Å². The topological polar surface area (TPSA) is 0 Å². The average Bonchev–Trinajstić information content (AvgIpc) is 2.27. The molecule has 0 radical (unpaired) electrons. The Morgan fingerprint density at radius 1 is 0.800 bits per heavy atom. The molecule has 0 aliphatic heterocycles. The molecular weight excluding hydrogens is 309 g/mol. The van der Waals surface area contributed by atoms with Crippen LogP contribution in [0.5, 0.6) is 0 Å². The summed E-state index contributed by atoms with van der Waals surface area (Å²) in [6, 6.07) is 12.1. The Balaban J connectivity index is 2.60. The van der Waals surface area contributed by atoms with Crippen molar-refractivity contribution in [2.45, 2.75) is 0 Å². The highest BCUT2D eigenvalue weighted by molar-refractivity contribution is 14.1. The molecule has 15 heavy (non-hydrogen) atoms. The molecule has 0 bridgehead atoms. The van der Waals surface area contributed by atoms with Crippen LogP contribution in [0.4, 0.5) is 8.78 Å². The van der Waals surface area contributed by atoms with Crippen molar-refractivity contribution < 1.29 is 8.78 Å². The quantitative estimate of drug-likeness (QED) is 0.545. The lowest BCUT2D eigenvalue weighted by Crippen LogP contribution is -1.92. The molecule has 0 heterocycles. The first-order valence-electron chi connectivity index (χ1n) is 4.39. The largest absolute Gasteiger partial charge is 0.203 e. The lowest BCUT2D eigenvalue weighted by Gasteiger charge is -2.04. The van der Waals surface area contributed by atoms with E-state index in [4.69, 9.17) is 0 Å². The molecule has 0 saturated carbocycles. The van der Waals surface area contributed by atoms with Crippen LogP contribution in [-0.4, -0.2) is 0 Å². The monoisotopic (exact) mass is 316 g/mol. The van der Waals surface area contributed by atoms with Crippen molar-refractivity contribution in [3.63, 3.8) is 0 Å². The summed E-state index contributed by atoms with van der Waals surface area (Å²) in [6.45, 7) is 0. The second kappa shape index (κ2) is 4.26. The van der Waals surface area contributed by atoms with Gasteiger partial charge in [0.15, 0.2) is 11.6 Å². The Kier molecular flexibility index (Phi) is 3.00. The van der Waals surface area contributed by atoms with Gasteiger partial charge in [-0.1, -0.05) is 36.4 Å². The molecule has 0 aliphatic rings. The van der Waals surface area contributed by atoms with Gasteiger partial charge >= 0.3 is 0 Å². The first-order chi connectivity index (χ1) is 7.20. The number of rotatable bonds is 1. The van der Waals surface area contributed by atoms with E-state index in [2.05, 4.69) is 0 Å². The summed E-state index contributed by atoms with van der Waals surface area (Å²) in [5, 5.41) is 0. The van der Waals surface area contributed by atoms with E-state index >= 15 is 0 Å². The molecule has 2 aromatic carbocycles. The molecule has 0 amide bonds. The fourth-order valence-electron chi connectivity index (χ4n) is 1.37. The molecule has 3 heteroatoms. The predicted octanol–water partition coefficient (Wildman–Crippen LogP) is 4.24. The van der Waals surface area contributed by atoms with Gasteiger partial charge in [-0.05, 0) is 34.2 Å². The fraction of sp³-hybridized carbons (Fsp3) is 0. The van der Waals surface area contributed by atoms with Crippen LogP contribution in [0.1, 0.15) is 0 Å². The molecule has 0 aromatic heterocycles. The van der Waals surface area contributed by atoms with Gasteiger partial charge in [0.05, 0.1) is 3.57 Å². The van der Waals surface area contributed by atoms with Crippen molar-refractivity contribution in [2.75, 3.05) is 0 Å². The second-order valence-corrected chi connectivity index (χ2v) is 4.25. The molecule has 0 saturated heterocycles. The zero-order valence-corrected chi connectivity index (χ0v) is 9.83. The molecule has 0 unspecified atom stereocenters. The maximum absolute atomic E-state index is 13.6. The van der Waals surface area contributed by atoms with E-state index in [0.717, 1.165) is 0 Å². The normalized spacial score (nSPS) is 10.3. The zero-order valence-electron chi connectivity index (χ0n) is 7.68. The molecule has 0 atom stereocenters. The minimum absolute atomic E-state index is 0.296. The lowest BCUT2D eigenvalue weighted by molar-refractivity contribution is 0.506. The molecule has 0 spiro atoms. The predicted molar refractivity (Wildman–Crippen MR) is 64.5 cm³/mol. The van der Waals surface area contributed by atoms with E-state index in [1.54, 1.807) is 59.0 Å². The minimum Gasteiger partial charge on any atom is -0.203 e. The highest BCUT2D eigenvalue weighted by atomic mass is 127. The van der Waals surface area contributed by atoms with Gasteiger partial charge in [-0.25, -0.2) is 8.78 Å². The molecule has 0 N–H and O–H groups in total. The summed E-state index contributed by atoms with van der Waals surface area (Å²) in [7, 11) is 0. The second-order valence-electron chi connectivity index (χ2n) is 3.09. The van der Waals surface area contributed by atoms with Crippen LogP contribution in [-0.2, 0) is 0 Å². The molecular formula is C12H7F2I. The SMILES string of the molecule is Fc1c(I)ccc(-c2ccccc2)c1F. The van der Waals surface area contributed by atoms with Gasteiger partial charge in [0.1, 0.15) is 0 Å². The summed E-state index contributed by atoms with van der Waals surface area (Å²) >= 11 is 1.77. The summed E-state index contributed by atoms with van der Waals surface area (Å²) in [5.74, 6) is -1.56. The zero-order chi connectivity index (χ0) is 10.8. The van der Waals surface area contributed by atoms with Crippen LogP contribution >= 0.6 is 22.6 Å². The Hall–Kier alpha value is -0.970. The first-order valence-corrected chi connectivity index (χ1v) is 5.47. The Morgan fingerprint density at radius 3 is 2.13 bits per heavy atom. The van der Waals surface area contributed by atoms with Crippen LogP contribution in [0.25, 0.3) is 11.1 Å². The molecule has 0 nitrogen and oxygen atoms in total. The third-order valence-corrected chi connectivity index (χ3v) is 2.95. The van der Waals surface area contributed by atoms with Gasteiger partial charge in [0, 0.05) is 5.56 Å². The lowest BCUT2D eigenvalue weighted by atomic mass is 10.1. The highest BCUT2D eigenvalue weighted by Crippen LogP contribution is 2.26. The highest BCUT2D eigenvalue weighted by Gasteiger charge is 2.12. The van der Waals surface area contributed by atoms with Gasteiger partial charge in [0.25, 0.3) is 0 Å². The molecule has 2 rings (SSSR count).